The van der Waals surface area contributed by atoms with Gasteiger partial charge in [-0.25, -0.2) is 4.98 Å². The summed E-state index contributed by atoms with van der Waals surface area (Å²) >= 11 is 0. The molecule has 1 atom stereocenters. The second kappa shape index (κ2) is 7.63. The van der Waals surface area contributed by atoms with Crippen LogP contribution in [0.2, 0.25) is 0 Å². The van der Waals surface area contributed by atoms with Crippen molar-refractivity contribution >= 4 is 16.7 Å². The quantitative estimate of drug-likeness (QED) is 0.689. The van der Waals surface area contributed by atoms with Gasteiger partial charge in [-0.15, -0.1) is 0 Å². The number of aromatic nitrogens is 3. The number of aryl methyl sites for hydroxylation is 2. The van der Waals surface area contributed by atoms with Crippen molar-refractivity contribution in [3.63, 3.8) is 0 Å². The van der Waals surface area contributed by atoms with Gasteiger partial charge in [-0.2, -0.15) is 5.10 Å². The molecule has 3 rings (SSSR count). The molecule has 132 valence electrons. The highest BCUT2D eigenvalue weighted by Gasteiger charge is 2.11. The van der Waals surface area contributed by atoms with Gasteiger partial charge in [0.05, 0.1) is 17.4 Å². The third-order valence-electron chi connectivity index (χ3n) is 4.50. The number of fused-ring (bicyclic) bond motifs is 1. The predicted molar refractivity (Wildman–Crippen MR) is 102 cm³/mol. The minimum Gasteiger partial charge on any atom is -0.384 e. The van der Waals surface area contributed by atoms with Crippen molar-refractivity contribution in [3.8, 4) is 0 Å². The third kappa shape index (κ3) is 4.15. The van der Waals surface area contributed by atoms with Crippen LogP contribution in [0.5, 0.6) is 0 Å². The molecular formula is C19H26N6. The van der Waals surface area contributed by atoms with E-state index in [1.54, 1.807) is 0 Å². The Bertz CT molecular complexity index is 827. The Balaban J connectivity index is 1.57. The largest absolute Gasteiger partial charge is 0.384 e. The fourth-order valence-electron chi connectivity index (χ4n) is 3.24. The number of hydrogen-bond donors (Lipinski definition) is 2. The van der Waals surface area contributed by atoms with Crippen LogP contribution in [0.15, 0.2) is 42.6 Å². The zero-order valence-electron chi connectivity index (χ0n) is 14.9. The third-order valence-corrected chi connectivity index (χ3v) is 4.50. The Morgan fingerprint density at radius 1 is 1.24 bits per heavy atom. The summed E-state index contributed by atoms with van der Waals surface area (Å²) in [7, 11) is 4.05. The van der Waals surface area contributed by atoms with Crippen LogP contribution >= 0.6 is 0 Å². The molecule has 0 bridgehead atoms. The van der Waals surface area contributed by atoms with Crippen molar-refractivity contribution in [2.75, 3.05) is 25.9 Å². The maximum atomic E-state index is 6.30. The molecule has 4 N–H and O–H groups in total. The Hall–Kier alpha value is -2.44. The Morgan fingerprint density at radius 3 is 2.76 bits per heavy atom. The smallest absolute Gasteiger partial charge is 0.124 e. The lowest BCUT2D eigenvalue weighted by Crippen LogP contribution is -2.30. The minimum atomic E-state index is 0.0282. The van der Waals surface area contributed by atoms with Gasteiger partial charge in [0.15, 0.2) is 0 Å². The summed E-state index contributed by atoms with van der Waals surface area (Å²) in [5.41, 5.74) is 15.5. The molecule has 0 fully saturated rings. The number of rotatable bonds is 7. The predicted octanol–water partition coefficient (Wildman–Crippen LogP) is 2.11. The number of nitrogen functional groups attached to an aromatic ring is 1. The maximum absolute atomic E-state index is 6.30. The lowest BCUT2D eigenvalue weighted by molar-refractivity contribution is 0.308. The molecule has 0 aliphatic heterocycles. The first-order valence-corrected chi connectivity index (χ1v) is 8.61. The molecule has 2 heterocycles. The molecule has 0 spiro atoms. The Labute approximate surface area is 148 Å². The number of pyridine rings is 1. The van der Waals surface area contributed by atoms with Crippen LogP contribution in [-0.2, 0) is 13.5 Å². The van der Waals surface area contributed by atoms with Crippen molar-refractivity contribution in [3.05, 3.63) is 53.9 Å². The van der Waals surface area contributed by atoms with E-state index in [1.807, 2.05) is 42.2 Å². The van der Waals surface area contributed by atoms with E-state index in [4.69, 9.17) is 11.5 Å². The van der Waals surface area contributed by atoms with Crippen molar-refractivity contribution < 1.29 is 0 Å². The van der Waals surface area contributed by atoms with Gasteiger partial charge in [0.1, 0.15) is 5.82 Å². The molecule has 0 saturated carbocycles. The molecule has 1 aromatic carbocycles. The van der Waals surface area contributed by atoms with E-state index in [2.05, 4.69) is 34.2 Å². The number of likely N-dealkylation sites (N-methyl/N-ethyl adjacent to an activating group) is 1. The average molecular weight is 338 g/mol. The van der Waals surface area contributed by atoms with E-state index in [-0.39, 0.29) is 6.04 Å². The Kier molecular flexibility index (Phi) is 5.31. The molecule has 6 nitrogen and oxygen atoms in total. The van der Waals surface area contributed by atoms with Gasteiger partial charge >= 0.3 is 0 Å². The first-order chi connectivity index (χ1) is 12.0. The summed E-state index contributed by atoms with van der Waals surface area (Å²) < 4.78 is 1.87. The fourth-order valence-corrected chi connectivity index (χ4v) is 3.24. The summed E-state index contributed by atoms with van der Waals surface area (Å²) in [4.78, 5) is 6.78. The van der Waals surface area contributed by atoms with Crippen LogP contribution in [0.1, 0.15) is 23.7 Å². The SMILES string of the molecule is CN(CCCc1nc(N)cc2cnn(C)c12)C[C@@H](N)c1ccccc1. The normalized spacial score (nSPS) is 12.8. The summed E-state index contributed by atoms with van der Waals surface area (Å²) in [6, 6.07) is 12.1. The highest BCUT2D eigenvalue weighted by Crippen LogP contribution is 2.20. The first kappa shape index (κ1) is 17.4. The molecule has 0 saturated heterocycles. The first-order valence-electron chi connectivity index (χ1n) is 8.61. The molecule has 0 radical (unpaired) electrons. The number of hydrogen-bond acceptors (Lipinski definition) is 5. The van der Waals surface area contributed by atoms with Crippen LogP contribution in [0.4, 0.5) is 5.82 Å². The fraction of sp³-hybridized carbons (Fsp3) is 0.368. The molecule has 3 aromatic rings. The lowest BCUT2D eigenvalue weighted by Gasteiger charge is -2.21. The van der Waals surface area contributed by atoms with Gasteiger partial charge in [-0.3, -0.25) is 4.68 Å². The van der Waals surface area contributed by atoms with Crippen LogP contribution in [0.3, 0.4) is 0 Å². The van der Waals surface area contributed by atoms with Crippen LogP contribution in [-0.4, -0.2) is 39.8 Å². The lowest BCUT2D eigenvalue weighted by atomic mass is 10.1. The highest BCUT2D eigenvalue weighted by atomic mass is 15.3. The molecule has 6 heteroatoms. The van der Waals surface area contributed by atoms with Gasteiger partial charge in [0, 0.05) is 25.0 Å². The van der Waals surface area contributed by atoms with Crippen LogP contribution in [0, 0.1) is 0 Å². The van der Waals surface area contributed by atoms with E-state index < -0.39 is 0 Å². The number of benzene rings is 1. The summed E-state index contributed by atoms with van der Waals surface area (Å²) in [6.45, 7) is 1.78. The highest BCUT2D eigenvalue weighted by molar-refractivity contribution is 5.82. The zero-order valence-corrected chi connectivity index (χ0v) is 14.9. The van der Waals surface area contributed by atoms with Crippen molar-refractivity contribution in [1.29, 1.82) is 0 Å². The number of nitrogens with zero attached hydrogens (tertiary/aromatic N) is 4. The van der Waals surface area contributed by atoms with E-state index >= 15 is 0 Å². The van der Waals surface area contributed by atoms with Gasteiger partial charge in [-0.05, 0) is 38.1 Å². The molecule has 0 aliphatic rings. The van der Waals surface area contributed by atoms with Gasteiger partial charge in [0.2, 0.25) is 0 Å². The monoisotopic (exact) mass is 338 g/mol. The molecule has 0 aliphatic carbocycles. The average Bonchev–Trinajstić information content (AvgIpc) is 2.96. The Morgan fingerprint density at radius 2 is 2.00 bits per heavy atom. The topological polar surface area (TPSA) is 86.0 Å². The van der Waals surface area contributed by atoms with E-state index in [9.17, 15) is 0 Å². The zero-order chi connectivity index (χ0) is 17.8. The van der Waals surface area contributed by atoms with E-state index in [0.29, 0.717) is 5.82 Å². The standard InChI is InChI=1S/C19H26N6/c1-24(13-16(20)14-7-4-3-5-8-14)10-6-9-17-19-15(11-18(21)23-17)12-22-25(19)2/h3-5,7-8,11-12,16H,6,9-10,13,20H2,1-2H3,(H2,21,23)/t16-/m1/s1. The number of nitrogens with two attached hydrogens (primary N) is 2. The van der Waals surface area contributed by atoms with Crippen LogP contribution in [0.25, 0.3) is 10.9 Å². The van der Waals surface area contributed by atoms with Crippen molar-refractivity contribution in [1.82, 2.24) is 19.7 Å². The summed E-state index contributed by atoms with van der Waals surface area (Å²) in [5.74, 6) is 0.551. The molecule has 25 heavy (non-hydrogen) atoms. The van der Waals surface area contributed by atoms with E-state index in [0.717, 1.165) is 42.5 Å². The minimum absolute atomic E-state index is 0.0282. The van der Waals surface area contributed by atoms with Gasteiger partial charge < -0.3 is 16.4 Å². The van der Waals surface area contributed by atoms with Gasteiger partial charge in [-0.1, -0.05) is 30.3 Å². The molecular weight excluding hydrogens is 312 g/mol. The summed E-state index contributed by atoms with van der Waals surface area (Å²) in [6.07, 6.45) is 3.70. The molecule has 2 aromatic heterocycles. The summed E-state index contributed by atoms with van der Waals surface area (Å²) in [5, 5.41) is 5.35. The second-order valence-electron chi connectivity index (χ2n) is 6.58. The molecule has 0 unspecified atom stereocenters. The van der Waals surface area contributed by atoms with Gasteiger partial charge in [0.25, 0.3) is 0 Å². The van der Waals surface area contributed by atoms with Crippen molar-refractivity contribution in [2.45, 2.75) is 18.9 Å². The molecule has 0 amide bonds. The second-order valence-corrected chi connectivity index (χ2v) is 6.58. The van der Waals surface area contributed by atoms with Crippen LogP contribution < -0.4 is 11.5 Å². The van der Waals surface area contributed by atoms with E-state index in [1.165, 1.54) is 5.56 Å². The number of anilines is 1. The van der Waals surface area contributed by atoms with Crippen molar-refractivity contribution in [2.24, 2.45) is 12.8 Å². The maximum Gasteiger partial charge on any atom is 0.124 e.